The highest BCUT2D eigenvalue weighted by atomic mass is 19.1. The maximum atomic E-state index is 14.6. The fraction of sp³-hybridized carbons (Fsp3) is 0.467. The molecular formula is C15H16F2N4O4. The first-order valence-corrected chi connectivity index (χ1v) is 7.85. The lowest BCUT2D eigenvalue weighted by Crippen LogP contribution is -2.33. The van der Waals surface area contributed by atoms with Gasteiger partial charge < -0.3 is 25.4 Å². The topological polar surface area (TPSA) is 97.1 Å². The van der Waals surface area contributed by atoms with Crippen LogP contribution in [-0.2, 0) is 9.47 Å². The average Bonchev–Trinajstić information content (AvgIpc) is 3.19. The second-order valence-electron chi connectivity index (χ2n) is 6.21. The van der Waals surface area contributed by atoms with E-state index in [0.717, 1.165) is 17.0 Å². The van der Waals surface area contributed by atoms with E-state index in [1.54, 1.807) is 0 Å². The van der Waals surface area contributed by atoms with Gasteiger partial charge in [0.2, 0.25) is 0 Å². The van der Waals surface area contributed by atoms with Gasteiger partial charge in [0.1, 0.15) is 17.9 Å². The second-order valence-corrected chi connectivity index (χ2v) is 6.21. The molecule has 0 aliphatic carbocycles. The number of amides is 2. The van der Waals surface area contributed by atoms with E-state index in [1.807, 2.05) is 0 Å². The van der Waals surface area contributed by atoms with Gasteiger partial charge in [0.05, 0.1) is 24.8 Å². The molecule has 0 spiro atoms. The number of hydrogen-bond donors (Lipinski definition) is 2. The Kier molecular flexibility index (Phi) is 3.64. The van der Waals surface area contributed by atoms with E-state index < -0.39 is 36.0 Å². The Bertz CT molecular complexity index is 707. The highest BCUT2D eigenvalue weighted by Crippen LogP contribution is 2.33. The molecule has 134 valence electrons. The monoisotopic (exact) mass is 354 g/mol. The van der Waals surface area contributed by atoms with E-state index in [9.17, 15) is 18.4 Å². The lowest BCUT2D eigenvalue weighted by molar-refractivity contribution is 0.143. The molecule has 3 aliphatic rings. The van der Waals surface area contributed by atoms with Gasteiger partial charge in [0.25, 0.3) is 0 Å². The van der Waals surface area contributed by atoms with Gasteiger partial charge in [0, 0.05) is 25.2 Å². The van der Waals surface area contributed by atoms with Crippen LogP contribution < -0.4 is 20.9 Å². The number of nitrogens with one attached hydrogen (secondary N) is 1. The van der Waals surface area contributed by atoms with Gasteiger partial charge in [-0.15, -0.1) is 0 Å². The van der Waals surface area contributed by atoms with Gasteiger partial charge in [-0.2, -0.15) is 0 Å². The number of anilines is 2. The summed E-state index contributed by atoms with van der Waals surface area (Å²) in [6, 6.07) is 1.88. The summed E-state index contributed by atoms with van der Waals surface area (Å²) >= 11 is 0. The van der Waals surface area contributed by atoms with Crippen LogP contribution in [-0.4, -0.2) is 56.6 Å². The molecule has 3 N–H and O–H groups in total. The smallest absolute Gasteiger partial charge is 0.414 e. The SMILES string of the molecule is NC[C@H]1CN(c2cc(F)c(N3C[C@@H]4OC(=O)N[C@@H]4C3)c(F)c2)C(=O)O1. The average molecular weight is 354 g/mol. The molecule has 1 aromatic carbocycles. The Morgan fingerprint density at radius 2 is 1.88 bits per heavy atom. The number of cyclic esters (lactones) is 1. The largest absolute Gasteiger partial charge is 0.443 e. The molecular weight excluding hydrogens is 338 g/mol. The van der Waals surface area contributed by atoms with Crippen LogP contribution in [0.25, 0.3) is 0 Å². The number of nitrogens with zero attached hydrogens (tertiary/aromatic N) is 2. The summed E-state index contributed by atoms with van der Waals surface area (Å²) < 4.78 is 39.2. The van der Waals surface area contributed by atoms with Gasteiger partial charge in [-0.3, -0.25) is 4.90 Å². The van der Waals surface area contributed by atoms with Crippen LogP contribution in [0.15, 0.2) is 12.1 Å². The minimum absolute atomic E-state index is 0.0728. The zero-order valence-corrected chi connectivity index (χ0v) is 13.1. The molecule has 10 heteroatoms. The van der Waals surface area contributed by atoms with Gasteiger partial charge in [-0.25, -0.2) is 18.4 Å². The number of rotatable bonds is 3. The fourth-order valence-corrected chi connectivity index (χ4v) is 3.40. The lowest BCUT2D eigenvalue weighted by atomic mass is 10.2. The molecule has 3 heterocycles. The summed E-state index contributed by atoms with van der Waals surface area (Å²) in [5.41, 5.74) is 5.32. The van der Waals surface area contributed by atoms with Crippen LogP contribution in [0.1, 0.15) is 0 Å². The predicted molar refractivity (Wildman–Crippen MR) is 82.4 cm³/mol. The predicted octanol–water partition coefficient (Wildman–Crippen LogP) is 0.546. The van der Waals surface area contributed by atoms with Crippen molar-refractivity contribution in [3.63, 3.8) is 0 Å². The first-order chi connectivity index (χ1) is 12.0. The molecule has 0 saturated carbocycles. The number of fused-ring (bicyclic) bond motifs is 1. The van der Waals surface area contributed by atoms with Crippen molar-refractivity contribution in [3.8, 4) is 0 Å². The number of carbonyl (C=O) groups is 2. The summed E-state index contributed by atoms with van der Waals surface area (Å²) in [5.74, 6) is -1.60. The Labute approximate surface area is 141 Å². The van der Waals surface area contributed by atoms with Gasteiger partial charge in [0.15, 0.2) is 11.6 Å². The molecule has 0 unspecified atom stereocenters. The molecule has 0 radical (unpaired) electrons. The first kappa shape index (κ1) is 15.9. The van der Waals surface area contributed by atoms with Crippen molar-refractivity contribution >= 4 is 23.6 Å². The molecule has 3 aliphatic heterocycles. The van der Waals surface area contributed by atoms with Gasteiger partial charge >= 0.3 is 12.2 Å². The van der Waals surface area contributed by atoms with Crippen LogP contribution in [0, 0.1) is 11.6 Å². The zero-order valence-electron chi connectivity index (χ0n) is 13.1. The summed E-state index contributed by atoms with van der Waals surface area (Å²) in [4.78, 5) is 25.6. The lowest BCUT2D eigenvalue weighted by Gasteiger charge is -2.22. The van der Waals surface area contributed by atoms with E-state index in [2.05, 4.69) is 5.32 Å². The highest BCUT2D eigenvalue weighted by Gasteiger charge is 2.43. The molecule has 4 rings (SSSR count). The summed E-state index contributed by atoms with van der Waals surface area (Å²) in [7, 11) is 0. The second kappa shape index (κ2) is 5.73. The normalized spacial score (nSPS) is 28.0. The number of nitrogens with two attached hydrogens (primary N) is 1. The molecule has 3 atom stereocenters. The van der Waals surface area contributed by atoms with E-state index in [-0.39, 0.29) is 43.6 Å². The summed E-state index contributed by atoms with van der Waals surface area (Å²) in [6.45, 7) is 0.705. The molecule has 3 saturated heterocycles. The van der Waals surface area contributed by atoms with Crippen LogP contribution in [0.5, 0.6) is 0 Å². The minimum atomic E-state index is -0.801. The third-order valence-electron chi connectivity index (χ3n) is 4.59. The van der Waals surface area contributed by atoms with E-state index in [0.29, 0.717) is 0 Å². The Morgan fingerprint density at radius 1 is 1.16 bits per heavy atom. The third kappa shape index (κ3) is 2.62. The van der Waals surface area contributed by atoms with E-state index in [4.69, 9.17) is 15.2 Å². The van der Waals surface area contributed by atoms with Crippen molar-refractivity contribution in [1.82, 2.24) is 5.32 Å². The number of carbonyl (C=O) groups excluding carboxylic acids is 2. The molecule has 0 bridgehead atoms. The van der Waals surface area contributed by atoms with Crippen LogP contribution >= 0.6 is 0 Å². The molecule has 8 nitrogen and oxygen atoms in total. The van der Waals surface area contributed by atoms with Crippen molar-refractivity contribution in [2.24, 2.45) is 5.73 Å². The van der Waals surface area contributed by atoms with Gasteiger partial charge in [-0.05, 0) is 0 Å². The number of alkyl carbamates (subject to hydrolysis) is 1. The minimum Gasteiger partial charge on any atom is -0.443 e. The van der Waals surface area contributed by atoms with E-state index in [1.165, 1.54) is 4.90 Å². The molecule has 1 aromatic rings. The van der Waals surface area contributed by atoms with Crippen molar-refractivity contribution in [2.45, 2.75) is 18.2 Å². The highest BCUT2D eigenvalue weighted by molar-refractivity contribution is 5.90. The van der Waals surface area contributed by atoms with Crippen molar-refractivity contribution < 1.29 is 27.8 Å². The molecule has 3 fully saturated rings. The van der Waals surface area contributed by atoms with Gasteiger partial charge in [-0.1, -0.05) is 0 Å². The number of hydrogen-bond acceptors (Lipinski definition) is 6. The number of halogens is 2. The number of ether oxygens (including phenoxy) is 2. The summed E-state index contributed by atoms with van der Waals surface area (Å²) in [5, 5.41) is 2.60. The number of benzene rings is 1. The zero-order chi connectivity index (χ0) is 17.7. The Hall–Kier alpha value is -2.62. The quantitative estimate of drug-likeness (QED) is 0.823. The maximum absolute atomic E-state index is 14.6. The summed E-state index contributed by atoms with van der Waals surface area (Å²) in [6.07, 6.45) is -2.15. The van der Waals surface area contributed by atoms with Crippen molar-refractivity contribution in [3.05, 3.63) is 23.8 Å². The van der Waals surface area contributed by atoms with Crippen LogP contribution in [0.2, 0.25) is 0 Å². The van der Waals surface area contributed by atoms with Crippen molar-refractivity contribution in [2.75, 3.05) is 36.0 Å². The first-order valence-electron chi connectivity index (χ1n) is 7.85. The van der Waals surface area contributed by atoms with Crippen LogP contribution in [0.4, 0.5) is 29.7 Å². The van der Waals surface area contributed by atoms with Crippen LogP contribution in [0.3, 0.4) is 0 Å². The molecule has 0 aromatic heterocycles. The van der Waals surface area contributed by atoms with Crippen molar-refractivity contribution in [1.29, 1.82) is 0 Å². The Balaban J connectivity index is 1.58. The maximum Gasteiger partial charge on any atom is 0.414 e. The van der Waals surface area contributed by atoms with E-state index >= 15 is 0 Å². The third-order valence-corrected chi connectivity index (χ3v) is 4.59. The fourth-order valence-electron chi connectivity index (χ4n) is 3.40. The molecule has 2 amide bonds. The molecule has 25 heavy (non-hydrogen) atoms. The standard InChI is InChI=1S/C15H16F2N4O4/c16-9-1-7(21-4-8(3-18)24-15(21)23)2-10(17)13(9)20-5-11-12(6-20)25-14(22)19-11/h1-2,8,11-12H,3-6,18H2,(H,19,22)/t8-,11+,12-/m0/s1. The Morgan fingerprint density at radius 3 is 2.48 bits per heavy atom.